The minimum absolute atomic E-state index is 0.139. The number of methoxy groups -OCH3 is 1. The first-order chi connectivity index (χ1) is 9.92. The minimum Gasteiger partial charge on any atom is -0.383 e. The highest BCUT2D eigenvalue weighted by Gasteiger charge is 2.14. The molecule has 1 aromatic carbocycles. The molecule has 1 heterocycles. The summed E-state index contributed by atoms with van der Waals surface area (Å²) in [6.07, 6.45) is 1.96. The normalized spacial score (nSPS) is 12.5. The number of nitrogens with zero attached hydrogens (tertiary/aromatic N) is 2. The molecule has 0 bridgehead atoms. The van der Waals surface area contributed by atoms with Crippen LogP contribution in [0, 0.1) is 6.92 Å². The first kappa shape index (κ1) is 16.4. The largest absolute Gasteiger partial charge is 0.383 e. The molecule has 0 saturated carbocycles. The molecule has 0 fully saturated rings. The summed E-state index contributed by atoms with van der Waals surface area (Å²) in [4.78, 5) is 4.46. The smallest absolute Gasteiger partial charge is 0.207 e. The van der Waals surface area contributed by atoms with E-state index in [-0.39, 0.29) is 6.04 Å². The lowest BCUT2D eigenvalue weighted by atomic mass is 10.3. The molecule has 21 heavy (non-hydrogen) atoms. The quantitative estimate of drug-likeness (QED) is 0.764. The van der Waals surface area contributed by atoms with Crippen molar-refractivity contribution in [3.05, 3.63) is 39.1 Å². The highest BCUT2D eigenvalue weighted by molar-refractivity contribution is 6.44. The number of benzene rings is 1. The first-order valence-electron chi connectivity index (χ1n) is 6.38. The molecule has 7 heteroatoms. The third-order valence-corrected chi connectivity index (χ3v) is 4.03. The second-order valence-electron chi connectivity index (χ2n) is 4.79. The summed E-state index contributed by atoms with van der Waals surface area (Å²) in [5.74, 6) is 0.678. The van der Waals surface area contributed by atoms with Gasteiger partial charge in [-0.25, -0.2) is 4.98 Å². The predicted octanol–water partition coefficient (Wildman–Crippen LogP) is 5.10. The topological polar surface area (TPSA) is 39.1 Å². The third kappa shape index (κ3) is 3.83. The van der Waals surface area contributed by atoms with Gasteiger partial charge in [-0.1, -0.05) is 34.8 Å². The number of ether oxygens (including phenoxy) is 1. The van der Waals surface area contributed by atoms with Gasteiger partial charge in [0.1, 0.15) is 0 Å². The van der Waals surface area contributed by atoms with Crippen LogP contribution in [0.3, 0.4) is 0 Å². The van der Waals surface area contributed by atoms with Gasteiger partial charge in [0.2, 0.25) is 5.95 Å². The van der Waals surface area contributed by atoms with Crippen molar-refractivity contribution in [1.82, 2.24) is 9.55 Å². The van der Waals surface area contributed by atoms with E-state index in [1.165, 1.54) is 0 Å². The van der Waals surface area contributed by atoms with E-state index in [1.54, 1.807) is 19.2 Å². The SMILES string of the molecule is COCC(C)n1cc(C)nc1Nc1cc(Cl)c(Cl)cc1Cl. The average Bonchev–Trinajstić information content (AvgIpc) is 2.77. The van der Waals surface area contributed by atoms with E-state index in [2.05, 4.69) is 10.3 Å². The van der Waals surface area contributed by atoms with E-state index in [0.29, 0.717) is 33.3 Å². The molecular weight excluding hydrogens is 333 g/mol. The fourth-order valence-corrected chi connectivity index (χ4v) is 2.60. The number of anilines is 2. The van der Waals surface area contributed by atoms with Crippen molar-refractivity contribution in [2.75, 3.05) is 19.0 Å². The number of nitrogens with one attached hydrogen (secondary N) is 1. The molecule has 0 aliphatic rings. The van der Waals surface area contributed by atoms with Crippen molar-refractivity contribution in [2.45, 2.75) is 19.9 Å². The van der Waals surface area contributed by atoms with Crippen molar-refractivity contribution in [3.8, 4) is 0 Å². The Labute approximate surface area is 139 Å². The zero-order valence-corrected chi connectivity index (χ0v) is 14.2. The molecule has 2 rings (SSSR count). The van der Waals surface area contributed by atoms with Crippen LogP contribution in [0.1, 0.15) is 18.7 Å². The summed E-state index contributed by atoms with van der Waals surface area (Å²) in [6, 6.07) is 3.42. The zero-order chi connectivity index (χ0) is 15.6. The van der Waals surface area contributed by atoms with Crippen molar-refractivity contribution >= 4 is 46.4 Å². The monoisotopic (exact) mass is 347 g/mol. The second-order valence-corrected chi connectivity index (χ2v) is 6.01. The number of aromatic nitrogens is 2. The maximum atomic E-state index is 6.18. The van der Waals surface area contributed by atoms with Crippen LogP contribution in [0.15, 0.2) is 18.3 Å². The number of aryl methyl sites for hydroxylation is 1. The minimum atomic E-state index is 0.139. The van der Waals surface area contributed by atoms with E-state index in [1.807, 2.05) is 24.6 Å². The van der Waals surface area contributed by atoms with Gasteiger partial charge >= 0.3 is 0 Å². The van der Waals surface area contributed by atoms with Gasteiger partial charge in [-0.2, -0.15) is 0 Å². The molecule has 0 aliphatic heterocycles. The lowest BCUT2D eigenvalue weighted by Gasteiger charge is -2.17. The van der Waals surface area contributed by atoms with Crippen LogP contribution in [0.2, 0.25) is 15.1 Å². The second kappa shape index (κ2) is 6.88. The average molecular weight is 349 g/mol. The summed E-state index contributed by atoms with van der Waals surface area (Å²) in [6.45, 7) is 4.56. The van der Waals surface area contributed by atoms with Gasteiger partial charge in [-0.15, -0.1) is 0 Å². The van der Waals surface area contributed by atoms with E-state index in [0.717, 1.165) is 5.69 Å². The number of rotatable bonds is 5. The standard InChI is InChI=1S/C14H16Cl3N3O/c1-8-6-20(9(2)7-21-3)14(18-8)19-13-5-11(16)10(15)4-12(13)17/h4-6,9H,7H2,1-3H3,(H,18,19). The lowest BCUT2D eigenvalue weighted by molar-refractivity contribution is 0.163. The molecule has 2 aromatic rings. The van der Waals surface area contributed by atoms with Gasteiger partial charge in [0.05, 0.1) is 39.1 Å². The Morgan fingerprint density at radius 2 is 1.90 bits per heavy atom. The highest BCUT2D eigenvalue weighted by atomic mass is 35.5. The van der Waals surface area contributed by atoms with Crippen LogP contribution >= 0.6 is 34.8 Å². The highest BCUT2D eigenvalue weighted by Crippen LogP contribution is 2.34. The maximum Gasteiger partial charge on any atom is 0.207 e. The lowest BCUT2D eigenvalue weighted by Crippen LogP contribution is -2.12. The Morgan fingerprint density at radius 3 is 2.57 bits per heavy atom. The molecule has 1 N–H and O–H groups in total. The summed E-state index contributed by atoms with van der Waals surface area (Å²) < 4.78 is 7.19. The summed E-state index contributed by atoms with van der Waals surface area (Å²) >= 11 is 18.1. The molecule has 0 aliphatic carbocycles. The Bertz CT molecular complexity index is 643. The number of hydrogen-bond donors (Lipinski definition) is 1. The first-order valence-corrected chi connectivity index (χ1v) is 7.51. The van der Waals surface area contributed by atoms with Gasteiger partial charge in [0, 0.05) is 13.3 Å². The van der Waals surface area contributed by atoms with Crippen LogP contribution in [-0.4, -0.2) is 23.3 Å². The van der Waals surface area contributed by atoms with E-state index in [4.69, 9.17) is 39.5 Å². The van der Waals surface area contributed by atoms with E-state index < -0.39 is 0 Å². The Hall–Kier alpha value is -0.940. The maximum absolute atomic E-state index is 6.18. The van der Waals surface area contributed by atoms with Crippen molar-refractivity contribution < 1.29 is 4.74 Å². The van der Waals surface area contributed by atoms with E-state index in [9.17, 15) is 0 Å². The van der Waals surface area contributed by atoms with Crippen molar-refractivity contribution in [1.29, 1.82) is 0 Å². The summed E-state index contributed by atoms with van der Waals surface area (Å²) in [7, 11) is 1.67. The fraction of sp³-hybridized carbons (Fsp3) is 0.357. The molecule has 0 saturated heterocycles. The molecule has 0 radical (unpaired) electrons. The number of imidazole rings is 1. The Balaban J connectivity index is 2.34. The Kier molecular flexibility index (Phi) is 5.38. The fourth-order valence-electron chi connectivity index (χ4n) is 2.00. The number of hydrogen-bond acceptors (Lipinski definition) is 3. The predicted molar refractivity (Wildman–Crippen MR) is 88.3 cm³/mol. The summed E-state index contributed by atoms with van der Waals surface area (Å²) in [5.41, 5.74) is 1.55. The van der Waals surface area contributed by atoms with Gasteiger partial charge in [-0.3, -0.25) is 0 Å². The van der Waals surface area contributed by atoms with Crippen molar-refractivity contribution in [3.63, 3.8) is 0 Å². The summed E-state index contributed by atoms with van der Waals surface area (Å²) in [5, 5.41) is 4.52. The zero-order valence-electron chi connectivity index (χ0n) is 12.0. The van der Waals surface area contributed by atoms with Crippen LogP contribution in [0.5, 0.6) is 0 Å². The molecular formula is C14H16Cl3N3O. The molecule has 1 unspecified atom stereocenters. The van der Waals surface area contributed by atoms with Crippen LogP contribution in [-0.2, 0) is 4.74 Å². The van der Waals surface area contributed by atoms with Crippen LogP contribution in [0.4, 0.5) is 11.6 Å². The van der Waals surface area contributed by atoms with E-state index >= 15 is 0 Å². The molecule has 1 aromatic heterocycles. The molecule has 114 valence electrons. The van der Waals surface area contributed by atoms with Gasteiger partial charge in [0.25, 0.3) is 0 Å². The molecule has 1 atom stereocenters. The van der Waals surface area contributed by atoms with Crippen LogP contribution in [0.25, 0.3) is 0 Å². The van der Waals surface area contributed by atoms with Gasteiger partial charge in [-0.05, 0) is 26.0 Å². The van der Waals surface area contributed by atoms with Crippen LogP contribution < -0.4 is 5.32 Å². The molecule has 0 amide bonds. The molecule has 4 nitrogen and oxygen atoms in total. The van der Waals surface area contributed by atoms with Gasteiger partial charge in [0.15, 0.2) is 0 Å². The Morgan fingerprint density at radius 1 is 1.24 bits per heavy atom. The molecule has 0 spiro atoms. The van der Waals surface area contributed by atoms with Crippen molar-refractivity contribution in [2.24, 2.45) is 0 Å². The number of halogens is 3. The van der Waals surface area contributed by atoms with Gasteiger partial charge < -0.3 is 14.6 Å². The third-order valence-electron chi connectivity index (χ3n) is 2.99.